The van der Waals surface area contributed by atoms with Crippen molar-refractivity contribution in [3.8, 4) is 0 Å². The number of nitro groups is 1. The molecule has 6 heteroatoms. The lowest BCUT2D eigenvalue weighted by Gasteiger charge is -2.17. The van der Waals surface area contributed by atoms with Gasteiger partial charge in [-0.05, 0) is 31.0 Å². The molecule has 0 unspecified atom stereocenters. The van der Waals surface area contributed by atoms with Gasteiger partial charge in [-0.15, -0.1) is 11.8 Å². The SMILES string of the molecule is Cc1ccc(SCC(=O)N2CCc3ccc([N+](=O)[O-])cc32)cc1. The monoisotopic (exact) mass is 328 g/mol. The maximum Gasteiger partial charge on any atom is 0.271 e. The largest absolute Gasteiger partial charge is 0.311 e. The highest BCUT2D eigenvalue weighted by Crippen LogP contribution is 2.32. The van der Waals surface area contributed by atoms with Gasteiger partial charge in [0.05, 0.1) is 16.4 Å². The van der Waals surface area contributed by atoms with E-state index >= 15 is 0 Å². The minimum Gasteiger partial charge on any atom is -0.311 e. The predicted molar refractivity (Wildman–Crippen MR) is 91.1 cm³/mol. The van der Waals surface area contributed by atoms with Gasteiger partial charge in [0.2, 0.25) is 5.91 Å². The number of benzene rings is 2. The zero-order valence-electron chi connectivity index (χ0n) is 12.7. The first-order chi connectivity index (χ1) is 11.0. The summed E-state index contributed by atoms with van der Waals surface area (Å²) in [7, 11) is 0. The smallest absolute Gasteiger partial charge is 0.271 e. The molecule has 118 valence electrons. The molecule has 0 bridgehead atoms. The Bertz CT molecular complexity index is 759. The lowest BCUT2D eigenvalue weighted by molar-refractivity contribution is -0.384. The second kappa shape index (κ2) is 6.42. The van der Waals surface area contributed by atoms with E-state index in [0.29, 0.717) is 18.0 Å². The number of thioether (sulfide) groups is 1. The number of amides is 1. The summed E-state index contributed by atoms with van der Waals surface area (Å²) in [5.74, 6) is 0.306. The van der Waals surface area contributed by atoms with Gasteiger partial charge in [-0.25, -0.2) is 0 Å². The maximum atomic E-state index is 12.5. The van der Waals surface area contributed by atoms with E-state index < -0.39 is 4.92 Å². The van der Waals surface area contributed by atoms with Gasteiger partial charge >= 0.3 is 0 Å². The summed E-state index contributed by atoms with van der Waals surface area (Å²) in [6, 6.07) is 12.8. The van der Waals surface area contributed by atoms with Crippen molar-refractivity contribution in [3.05, 3.63) is 63.7 Å². The molecule has 0 saturated heterocycles. The van der Waals surface area contributed by atoms with Crippen LogP contribution in [-0.2, 0) is 11.2 Å². The van der Waals surface area contributed by atoms with Crippen LogP contribution in [0.15, 0.2) is 47.4 Å². The third-order valence-corrected chi connectivity index (χ3v) is 4.86. The summed E-state index contributed by atoms with van der Waals surface area (Å²) in [5, 5.41) is 10.9. The molecule has 0 radical (unpaired) electrons. The highest BCUT2D eigenvalue weighted by molar-refractivity contribution is 8.00. The zero-order chi connectivity index (χ0) is 16.4. The Hall–Kier alpha value is -2.34. The van der Waals surface area contributed by atoms with Crippen molar-refractivity contribution in [2.75, 3.05) is 17.2 Å². The molecule has 2 aromatic rings. The molecule has 0 aromatic heterocycles. The van der Waals surface area contributed by atoms with E-state index in [-0.39, 0.29) is 11.6 Å². The van der Waals surface area contributed by atoms with Crippen LogP contribution in [0.3, 0.4) is 0 Å². The number of non-ortho nitro benzene ring substituents is 1. The fourth-order valence-electron chi connectivity index (χ4n) is 2.60. The van der Waals surface area contributed by atoms with Gasteiger partial charge in [-0.1, -0.05) is 23.8 Å². The van der Waals surface area contributed by atoms with E-state index in [4.69, 9.17) is 0 Å². The first-order valence-corrected chi connectivity index (χ1v) is 8.30. The van der Waals surface area contributed by atoms with Crippen molar-refractivity contribution >= 4 is 29.0 Å². The van der Waals surface area contributed by atoms with Crippen molar-refractivity contribution in [1.29, 1.82) is 0 Å². The molecule has 3 rings (SSSR count). The van der Waals surface area contributed by atoms with Crippen LogP contribution in [0.1, 0.15) is 11.1 Å². The zero-order valence-corrected chi connectivity index (χ0v) is 13.5. The fourth-order valence-corrected chi connectivity index (χ4v) is 3.37. The molecule has 1 amide bonds. The normalized spacial score (nSPS) is 13.0. The Labute approximate surface area is 138 Å². The topological polar surface area (TPSA) is 63.5 Å². The highest BCUT2D eigenvalue weighted by atomic mass is 32.2. The molecule has 1 aliphatic heterocycles. The number of nitro benzene ring substituents is 1. The van der Waals surface area contributed by atoms with Gasteiger partial charge in [0.15, 0.2) is 0 Å². The number of carbonyl (C=O) groups excluding carboxylic acids is 1. The lowest BCUT2D eigenvalue weighted by atomic mass is 10.1. The van der Waals surface area contributed by atoms with E-state index in [9.17, 15) is 14.9 Å². The first kappa shape index (κ1) is 15.6. The lowest BCUT2D eigenvalue weighted by Crippen LogP contribution is -2.30. The molecule has 0 N–H and O–H groups in total. The van der Waals surface area contributed by atoms with Gasteiger partial charge in [0.1, 0.15) is 0 Å². The fraction of sp³-hybridized carbons (Fsp3) is 0.235. The van der Waals surface area contributed by atoms with Crippen LogP contribution in [0, 0.1) is 17.0 Å². The summed E-state index contributed by atoms with van der Waals surface area (Å²) >= 11 is 1.48. The van der Waals surface area contributed by atoms with Crippen LogP contribution >= 0.6 is 11.8 Å². The van der Waals surface area contributed by atoms with Crippen LogP contribution in [0.25, 0.3) is 0 Å². The third-order valence-electron chi connectivity index (χ3n) is 3.86. The van der Waals surface area contributed by atoms with Crippen LogP contribution in [-0.4, -0.2) is 23.1 Å². The Morgan fingerprint density at radius 1 is 1.26 bits per heavy atom. The minimum atomic E-state index is -0.428. The van der Waals surface area contributed by atoms with Gasteiger partial charge in [0, 0.05) is 23.6 Å². The van der Waals surface area contributed by atoms with Gasteiger partial charge in [-0.2, -0.15) is 0 Å². The Morgan fingerprint density at radius 2 is 2.00 bits per heavy atom. The molecule has 0 saturated carbocycles. The van der Waals surface area contributed by atoms with Crippen molar-refractivity contribution in [2.24, 2.45) is 0 Å². The van der Waals surface area contributed by atoms with E-state index in [2.05, 4.69) is 0 Å². The molecular formula is C17H16N2O3S. The number of aryl methyl sites for hydroxylation is 1. The number of hydrogen-bond acceptors (Lipinski definition) is 4. The van der Waals surface area contributed by atoms with Crippen LogP contribution < -0.4 is 4.90 Å². The molecule has 23 heavy (non-hydrogen) atoms. The molecule has 0 fully saturated rings. The first-order valence-electron chi connectivity index (χ1n) is 7.32. The Kier molecular flexibility index (Phi) is 4.34. The Morgan fingerprint density at radius 3 is 2.70 bits per heavy atom. The van der Waals surface area contributed by atoms with Gasteiger partial charge in [-0.3, -0.25) is 14.9 Å². The van der Waals surface area contributed by atoms with Crippen LogP contribution in [0.2, 0.25) is 0 Å². The molecule has 0 spiro atoms. The summed E-state index contributed by atoms with van der Waals surface area (Å²) in [6.45, 7) is 2.61. The summed E-state index contributed by atoms with van der Waals surface area (Å²) < 4.78 is 0. The highest BCUT2D eigenvalue weighted by Gasteiger charge is 2.26. The number of rotatable bonds is 4. The number of nitrogens with zero attached hydrogens (tertiary/aromatic N) is 2. The molecule has 0 atom stereocenters. The number of carbonyl (C=O) groups is 1. The second-order valence-corrected chi connectivity index (χ2v) is 6.52. The minimum absolute atomic E-state index is 0.0187. The number of hydrogen-bond donors (Lipinski definition) is 0. The van der Waals surface area contributed by atoms with Crippen LogP contribution in [0.5, 0.6) is 0 Å². The number of anilines is 1. The Balaban J connectivity index is 1.71. The second-order valence-electron chi connectivity index (χ2n) is 5.47. The van der Waals surface area contributed by atoms with Crippen molar-refractivity contribution < 1.29 is 9.72 Å². The van der Waals surface area contributed by atoms with E-state index in [1.807, 2.05) is 31.2 Å². The quantitative estimate of drug-likeness (QED) is 0.489. The molecule has 2 aromatic carbocycles. The van der Waals surface area contributed by atoms with Crippen LogP contribution in [0.4, 0.5) is 11.4 Å². The molecular weight excluding hydrogens is 312 g/mol. The van der Waals surface area contributed by atoms with Crippen molar-refractivity contribution in [1.82, 2.24) is 0 Å². The summed E-state index contributed by atoms with van der Waals surface area (Å²) in [6.07, 6.45) is 0.744. The standard InChI is InChI=1S/C17H16N2O3S/c1-12-2-6-15(7-3-12)23-11-17(20)18-9-8-13-4-5-14(19(21)22)10-16(13)18/h2-7,10H,8-9,11H2,1H3. The third kappa shape index (κ3) is 3.37. The van der Waals surface area contributed by atoms with Gasteiger partial charge < -0.3 is 4.90 Å². The maximum absolute atomic E-state index is 12.5. The molecule has 0 aliphatic carbocycles. The average molecular weight is 328 g/mol. The summed E-state index contributed by atoms with van der Waals surface area (Å²) in [5.41, 5.74) is 2.87. The predicted octanol–water partition coefficient (Wildman–Crippen LogP) is 3.58. The van der Waals surface area contributed by atoms with Gasteiger partial charge in [0.25, 0.3) is 5.69 Å². The molecule has 1 heterocycles. The molecule has 1 aliphatic rings. The van der Waals surface area contributed by atoms with E-state index in [1.54, 1.807) is 11.0 Å². The average Bonchev–Trinajstić information content (AvgIpc) is 2.97. The summed E-state index contributed by atoms with van der Waals surface area (Å²) in [4.78, 5) is 25.7. The van der Waals surface area contributed by atoms with E-state index in [0.717, 1.165) is 16.9 Å². The van der Waals surface area contributed by atoms with E-state index in [1.165, 1.54) is 29.5 Å². The molecule has 5 nitrogen and oxygen atoms in total. The van der Waals surface area contributed by atoms with Crippen molar-refractivity contribution in [2.45, 2.75) is 18.2 Å². The number of fused-ring (bicyclic) bond motifs is 1. The van der Waals surface area contributed by atoms with Crippen molar-refractivity contribution in [3.63, 3.8) is 0 Å².